The third-order valence-corrected chi connectivity index (χ3v) is 3.66. The predicted molar refractivity (Wildman–Crippen MR) is 85.4 cm³/mol. The second kappa shape index (κ2) is 7.61. The first-order valence-electron chi connectivity index (χ1n) is 7.46. The van der Waals surface area contributed by atoms with Gasteiger partial charge in [-0.2, -0.15) is 5.26 Å². The quantitative estimate of drug-likeness (QED) is 0.710. The molecule has 0 amide bonds. The summed E-state index contributed by atoms with van der Waals surface area (Å²) in [4.78, 5) is 0. The minimum absolute atomic E-state index is 0.315. The molecule has 0 bridgehead atoms. The fourth-order valence-corrected chi connectivity index (χ4v) is 2.48. The lowest BCUT2D eigenvalue weighted by Crippen LogP contribution is -2.04. The van der Waals surface area contributed by atoms with E-state index in [2.05, 4.69) is 12.1 Å². The van der Waals surface area contributed by atoms with Gasteiger partial charge in [-0.15, -0.1) is 0 Å². The van der Waals surface area contributed by atoms with E-state index >= 15 is 0 Å². The maximum atomic E-state index is 13.7. The first kappa shape index (κ1) is 16.0. The molecule has 3 heteroatoms. The Morgan fingerprint density at radius 1 is 1.18 bits per heavy atom. The van der Waals surface area contributed by atoms with Crippen LogP contribution in [-0.2, 0) is 0 Å². The van der Waals surface area contributed by atoms with Crippen LogP contribution in [-0.4, -0.2) is 6.61 Å². The highest BCUT2D eigenvalue weighted by atomic mass is 19.1. The standard InChI is InChI=1S/C19H20FNO/c1-14-9-10-19(15(2)12-14)22-11-5-6-16(13-21)17-7-3-4-8-18(17)20/h3-4,7-10,12,16H,5-6,11H2,1-2H3. The van der Waals surface area contributed by atoms with Gasteiger partial charge in [-0.05, 0) is 44.4 Å². The van der Waals surface area contributed by atoms with Crippen LogP contribution in [0.1, 0.15) is 35.4 Å². The van der Waals surface area contributed by atoms with E-state index in [4.69, 9.17) is 4.74 Å². The lowest BCUT2D eigenvalue weighted by atomic mass is 9.95. The van der Waals surface area contributed by atoms with Crippen LogP contribution in [0.5, 0.6) is 5.75 Å². The summed E-state index contributed by atoms with van der Waals surface area (Å²) in [6.45, 7) is 4.58. The van der Waals surface area contributed by atoms with Gasteiger partial charge in [0.05, 0.1) is 18.6 Å². The Labute approximate surface area is 131 Å². The number of hydrogen-bond acceptors (Lipinski definition) is 2. The van der Waals surface area contributed by atoms with E-state index in [1.54, 1.807) is 18.2 Å². The van der Waals surface area contributed by atoms with Crippen molar-refractivity contribution in [1.29, 1.82) is 5.26 Å². The van der Waals surface area contributed by atoms with Gasteiger partial charge >= 0.3 is 0 Å². The zero-order valence-corrected chi connectivity index (χ0v) is 13.0. The number of nitrogens with zero attached hydrogens (tertiary/aromatic N) is 1. The number of nitriles is 1. The van der Waals surface area contributed by atoms with Crippen molar-refractivity contribution in [1.82, 2.24) is 0 Å². The van der Waals surface area contributed by atoms with Gasteiger partial charge in [-0.1, -0.05) is 35.9 Å². The Kier molecular flexibility index (Phi) is 5.55. The summed E-state index contributed by atoms with van der Waals surface area (Å²) in [5.74, 6) is 0.123. The molecule has 1 atom stereocenters. The van der Waals surface area contributed by atoms with Crippen LogP contribution in [0, 0.1) is 31.0 Å². The molecule has 0 heterocycles. The second-order valence-corrected chi connectivity index (χ2v) is 5.46. The van der Waals surface area contributed by atoms with E-state index < -0.39 is 5.92 Å². The summed E-state index contributed by atoms with van der Waals surface area (Å²) >= 11 is 0. The highest BCUT2D eigenvalue weighted by Gasteiger charge is 2.14. The van der Waals surface area contributed by atoms with Crippen LogP contribution in [0.4, 0.5) is 4.39 Å². The summed E-state index contributed by atoms with van der Waals surface area (Å²) in [5.41, 5.74) is 2.77. The molecule has 0 saturated heterocycles. The molecule has 0 aliphatic rings. The highest BCUT2D eigenvalue weighted by molar-refractivity contribution is 5.35. The van der Waals surface area contributed by atoms with Crippen LogP contribution in [0.3, 0.4) is 0 Å². The molecule has 2 aromatic carbocycles. The van der Waals surface area contributed by atoms with E-state index in [9.17, 15) is 9.65 Å². The van der Waals surface area contributed by atoms with Crippen molar-refractivity contribution in [2.45, 2.75) is 32.6 Å². The Balaban J connectivity index is 1.87. The SMILES string of the molecule is Cc1ccc(OCCCC(C#N)c2ccccc2F)c(C)c1. The largest absolute Gasteiger partial charge is 0.493 e. The van der Waals surface area contributed by atoms with Crippen molar-refractivity contribution in [3.8, 4) is 11.8 Å². The molecule has 0 radical (unpaired) electrons. The zero-order chi connectivity index (χ0) is 15.9. The zero-order valence-electron chi connectivity index (χ0n) is 13.0. The van der Waals surface area contributed by atoms with Crippen molar-refractivity contribution in [2.24, 2.45) is 0 Å². The molecule has 0 fully saturated rings. The van der Waals surface area contributed by atoms with Crippen LogP contribution in [0.2, 0.25) is 0 Å². The Morgan fingerprint density at radius 3 is 2.64 bits per heavy atom. The summed E-state index contributed by atoms with van der Waals surface area (Å²) in [7, 11) is 0. The maximum Gasteiger partial charge on any atom is 0.127 e. The third-order valence-electron chi connectivity index (χ3n) is 3.66. The van der Waals surface area contributed by atoms with Crippen LogP contribution >= 0.6 is 0 Å². The van der Waals surface area contributed by atoms with Crippen LogP contribution < -0.4 is 4.74 Å². The molecule has 2 nitrogen and oxygen atoms in total. The molecular formula is C19H20FNO. The molecule has 2 aromatic rings. The lowest BCUT2D eigenvalue weighted by Gasteiger charge is -2.12. The van der Waals surface area contributed by atoms with Crippen LogP contribution in [0.25, 0.3) is 0 Å². The molecule has 0 saturated carbocycles. The number of halogens is 1. The topological polar surface area (TPSA) is 33.0 Å². The van der Waals surface area contributed by atoms with Gasteiger partial charge < -0.3 is 4.74 Å². The smallest absolute Gasteiger partial charge is 0.127 e. The molecule has 0 aliphatic heterocycles. The Morgan fingerprint density at radius 2 is 1.95 bits per heavy atom. The number of ether oxygens (including phenoxy) is 1. The fourth-order valence-electron chi connectivity index (χ4n) is 2.48. The number of benzene rings is 2. The van der Waals surface area contributed by atoms with Crippen molar-refractivity contribution in [3.63, 3.8) is 0 Å². The van der Waals surface area contributed by atoms with Gasteiger partial charge in [-0.3, -0.25) is 0 Å². The van der Waals surface area contributed by atoms with E-state index in [1.807, 2.05) is 26.0 Å². The van der Waals surface area contributed by atoms with Gasteiger partial charge in [0.15, 0.2) is 0 Å². The van der Waals surface area contributed by atoms with Gasteiger partial charge in [0.25, 0.3) is 0 Å². The first-order chi connectivity index (χ1) is 10.6. The van der Waals surface area contributed by atoms with Gasteiger partial charge in [0.2, 0.25) is 0 Å². The average Bonchev–Trinajstić information content (AvgIpc) is 2.50. The minimum atomic E-state index is -0.427. The second-order valence-electron chi connectivity index (χ2n) is 5.46. The summed E-state index contributed by atoms with van der Waals surface area (Å²) in [6, 6.07) is 14.7. The number of aryl methyl sites for hydroxylation is 2. The van der Waals surface area contributed by atoms with Crippen molar-refractivity contribution in [3.05, 3.63) is 65.0 Å². The molecule has 114 valence electrons. The number of rotatable bonds is 6. The summed E-state index contributed by atoms with van der Waals surface area (Å²) < 4.78 is 19.5. The van der Waals surface area contributed by atoms with Crippen LogP contribution in [0.15, 0.2) is 42.5 Å². The molecular weight excluding hydrogens is 277 g/mol. The van der Waals surface area contributed by atoms with Crippen molar-refractivity contribution >= 4 is 0 Å². The third kappa shape index (κ3) is 4.08. The van der Waals surface area contributed by atoms with Gasteiger partial charge in [0, 0.05) is 5.56 Å². The monoisotopic (exact) mass is 297 g/mol. The molecule has 0 N–H and O–H groups in total. The van der Waals surface area contributed by atoms with Gasteiger partial charge in [-0.25, -0.2) is 4.39 Å². The first-order valence-corrected chi connectivity index (χ1v) is 7.46. The Bertz CT molecular complexity index is 675. The highest BCUT2D eigenvalue weighted by Crippen LogP contribution is 2.24. The maximum absolute atomic E-state index is 13.7. The molecule has 1 unspecified atom stereocenters. The predicted octanol–water partition coefficient (Wildman–Crippen LogP) is 4.91. The molecule has 22 heavy (non-hydrogen) atoms. The lowest BCUT2D eigenvalue weighted by molar-refractivity contribution is 0.302. The van der Waals surface area contributed by atoms with Crippen molar-refractivity contribution in [2.75, 3.05) is 6.61 Å². The molecule has 0 spiro atoms. The fraction of sp³-hybridized carbons (Fsp3) is 0.316. The molecule has 2 rings (SSSR count). The van der Waals surface area contributed by atoms with E-state index in [0.29, 0.717) is 25.0 Å². The summed E-state index contributed by atoms with van der Waals surface area (Å²) in [5, 5.41) is 9.24. The number of hydrogen-bond donors (Lipinski definition) is 0. The van der Waals surface area contributed by atoms with Crippen molar-refractivity contribution < 1.29 is 9.13 Å². The van der Waals surface area contributed by atoms with E-state index in [1.165, 1.54) is 11.6 Å². The summed E-state index contributed by atoms with van der Waals surface area (Å²) in [6.07, 6.45) is 1.29. The molecule has 0 aliphatic carbocycles. The van der Waals surface area contributed by atoms with E-state index in [0.717, 1.165) is 11.3 Å². The van der Waals surface area contributed by atoms with Gasteiger partial charge in [0.1, 0.15) is 11.6 Å². The van der Waals surface area contributed by atoms with E-state index in [-0.39, 0.29) is 5.82 Å². The molecule has 0 aromatic heterocycles. The normalized spacial score (nSPS) is 11.7. The Hall–Kier alpha value is -2.34. The average molecular weight is 297 g/mol. The minimum Gasteiger partial charge on any atom is -0.493 e.